The van der Waals surface area contributed by atoms with Crippen molar-refractivity contribution in [1.82, 2.24) is 0 Å². The fourth-order valence-corrected chi connectivity index (χ4v) is 2.45. The van der Waals surface area contributed by atoms with Crippen molar-refractivity contribution in [3.05, 3.63) is 35.1 Å². The molecule has 0 radical (unpaired) electrons. The molecular weight excluding hydrogens is 189 g/mol. The van der Waals surface area contributed by atoms with E-state index in [4.69, 9.17) is 5.73 Å². The van der Waals surface area contributed by atoms with Crippen LogP contribution in [0.4, 0.5) is 4.39 Å². The van der Waals surface area contributed by atoms with Gasteiger partial charge in [-0.1, -0.05) is 31.9 Å². The fraction of sp³-hybridized carbons (Fsp3) is 0.538. The molecule has 1 saturated carbocycles. The second-order valence-electron chi connectivity index (χ2n) is 4.53. The molecule has 0 spiro atoms. The van der Waals surface area contributed by atoms with Gasteiger partial charge in [0.05, 0.1) is 0 Å². The molecule has 0 bridgehead atoms. The van der Waals surface area contributed by atoms with Gasteiger partial charge in [-0.3, -0.25) is 0 Å². The van der Waals surface area contributed by atoms with Gasteiger partial charge in [0.1, 0.15) is 5.82 Å². The van der Waals surface area contributed by atoms with Crippen molar-refractivity contribution in [3.8, 4) is 0 Å². The molecule has 2 N–H and O–H groups in total. The summed E-state index contributed by atoms with van der Waals surface area (Å²) < 4.78 is 13.7. The Hall–Kier alpha value is -0.890. The first-order valence-electron chi connectivity index (χ1n) is 5.73. The van der Waals surface area contributed by atoms with Gasteiger partial charge in [0.15, 0.2) is 0 Å². The van der Waals surface area contributed by atoms with Crippen molar-refractivity contribution < 1.29 is 4.39 Å². The fourth-order valence-electron chi connectivity index (χ4n) is 2.45. The molecule has 15 heavy (non-hydrogen) atoms. The highest BCUT2D eigenvalue weighted by Crippen LogP contribution is 2.37. The summed E-state index contributed by atoms with van der Waals surface area (Å²) in [6.07, 6.45) is 5.00. The van der Waals surface area contributed by atoms with Crippen molar-refractivity contribution in [2.24, 2.45) is 5.73 Å². The Bertz CT molecular complexity index is 354. The van der Waals surface area contributed by atoms with E-state index in [1.165, 1.54) is 5.56 Å². The van der Waals surface area contributed by atoms with E-state index < -0.39 is 5.54 Å². The molecule has 82 valence electrons. The topological polar surface area (TPSA) is 26.0 Å². The number of nitrogens with two attached hydrogens (primary N) is 1. The maximum absolute atomic E-state index is 13.7. The third kappa shape index (κ3) is 1.91. The van der Waals surface area contributed by atoms with Crippen molar-refractivity contribution in [1.29, 1.82) is 0 Å². The third-order valence-electron chi connectivity index (χ3n) is 3.47. The Kier molecular flexibility index (Phi) is 2.79. The molecule has 1 aromatic carbocycles. The number of benzene rings is 1. The van der Waals surface area contributed by atoms with Crippen LogP contribution >= 0.6 is 0 Å². The zero-order valence-electron chi connectivity index (χ0n) is 9.22. The Balaban J connectivity index is 2.41. The SMILES string of the molecule is CCc1ccc(F)c(C2(N)CCCC2)c1. The van der Waals surface area contributed by atoms with Gasteiger partial charge in [-0.25, -0.2) is 4.39 Å². The Morgan fingerprint density at radius 2 is 2.00 bits per heavy atom. The van der Waals surface area contributed by atoms with Crippen LogP contribution in [-0.2, 0) is 12.0 Å². The molecule has 0 aliphatic heterocycles. The summed E-state index contributed by atoms with van der Waals surface area (Å²) in [7, 11) is 0. The van der Waals surface area contributed by atoms with Gasteiger partial charge < -0.3 is 5.73 Å². The molecule has 0 unspecified atom stereocenters. The lowest BCUT2D eigenvalue weighted by Gasteiger charge is -2.25. The number of rotatable bonds is 2. The van der Waals surface area contributed by atoms with E-state index in [-0.39, 0.29) is 5.82 Å². The first-order valence-corrected chi connectivity index (χ1v) is 5.73. The van der Waals surface area contributed by atoms with Gasteiger partial charge in [-0.2, -0.15) is 0 Å². The molecular formula is C13H18FN. The van der Waals surface area contributed by atoms with Crippen LogP contribution in [-0.4, -0.2) is 0 Å². The van der Waals surface area contributed by atoms with Crippen LogP contribution in [0.25, 0.3) is 0 Å². The molecule has 0 heterocycles. The lowest BCUT2D eigenvalue weighted by atomic mass is 9.87. The van der Waals surface area contributed by atoms with Crippen LogP contribution in [0.5, 0.6) is 0 Å². The molecule has 2 rings (SSSR count). The van der Waals surface area contributed by atoms with Crippen molar-refractivity contribution in [2.45, 2.75) is 44.6 Å². The minimum Gasteiger partial charge on any atom is -0.321 e. The minimum absolute atomic E-state index is 0.142. The quantitative estimate of drug-likeness (QED) is 0.792. The van der Waals surface area contributed by atoms with Crippen LogP contribution in [0.15, 0.2) is 18.2 Å². The van der Waals surface area contributed by atoms with Gasteiger partial charge >= 0.3 is 0 Å². The lowest BCUT2D eigenvalue weighted by Crippen LogP contribution is -2.34. The van der Waals surface area contributed by atoms with Crippen LogP contribution < -0.4 is 5.73 Å². The van der Waals surface area contributed by atoms with Gasteiger partial charge in [0.25, 0.3) is 0 Å². The highest BCUT2D eigenvalue weighted by atomic mass is 19.1. The summed E-state index contributed by atoms with van der Waals surface area (Å²) in [4.78, 5) is 0. The molecule has 2 heteroatoms. The van der Waals surface area contributed by atoms with Gasteiger partial charge in [0, 0.05) is 11.1 Å². The molecule has 1 aromatic rings. The van der Waals surface area contributed by atoms with E-state index in [1.807, 2.05) is 12.1 Å². The zero-order valence-corrected chi connectivity index (χ0v) is 9.22. The second kappa shape index (κ2) is 3.93. The van der Waals surface area contributed by atoms with E-state index in [0.717, 1.165) is 37.7 Å². The summed E-state index contributed by atoms with van der Waals surface area (Å²) in [5.41, 5.74) is 7.75. The molecule has 1 fully saturated rings. The van der Waals surface area contributed by atoms with Crippen LogP contribution in [0, 0.1) is 5.82 Å². The van der Waals surface area contributed by atoms with E-state index in [0.29, 0.717) is 0 Å². The summed E-state index contributed by atoms with van der Waals surface area (Å²) in [6, 6.07) is 5.35. The maximum Gasteiger partial charge on any atom is 0.128 e. The standard InChI is InChI=1S/C13H18FN/c1-2-10-5-6-12(14)11(9-10)13(15)7-3-4-8-13/h5-6,9H,2-4,7-8,15H2,1H3. The first-order chi connectivity index (χ1) is 7.15. The first kappa shape index (κ1) is 10.6. The second-order valence-corrected chi connectivity index (χ2v) is 4.53. The summed E-state index contributed by atoms with van der Waals surface area (Å²) >= 11 is 0. The van der Waals surface area contributed by atoms with Crippen molar-refractivity contribution in [3.63, 3.8) is 0 Å². The smallest absolute Gasteiger partial charge is 0.128 e. The number of halogens is 1. The Labute approximate surface area is 90.5 Å². The van der Waals surface area contributed by atoms with Crippen LogP contribution in [0.1, 0.15) is 43.7 Å². The maximum atomic E-state index is 13.7. The monoisotopic (exact) mass is 207 g/mol. The van der Waals surface area contributed by atoms with E-state index in [2.05, 4.69) is 6.92 Å². The van der Waals surface area contributed by atoms with E-state index in [9.17, 15) is 4.39 Å². The van der Waals surface area contributed by atoms with Crippen molar-refractivity contribution >= 4 is 0 Å². The molecule has 0 aromatic heterocycles. The number of aryl methyl sites for hydroxylation is 1. The Morgan fingerprint density at radius 1 is 1.33 bits per heavy atom. The van der Waals surface area contributed by atoms with Crippen LogP contribution in [0.2, 0.25) is 0 Å². The largest absolute Gasteiger partial charge is 0.321 e. The molecule has 0 saturated heterocycles. The normalized spacial score (nSPS) is 19.4. The highest BCUT2D eigenvalue weighted by Gasteiger charge is 2.33. The Morgan fingerprint density at radius 3 is 2.60 bits per heavy atom. The highest BCUT2D eigenvalue weighted by molar-refractivity contribution is 5.31. The summed E-state index contributed by atoms with van der Waals surface area (Å²) in [5, 5.41) is 0. The molecule has 1 nitrogen and oxygen atoms in total. The number of hydrogen-bond acceptors (Lipinski definition) is 1. The van der Waals surface area contributed by atoms with E-state index in [1.54, 1.807) is 6.07 Å². The molecule has 1 aliphatic rings. The van der Waals surface area contributed by atoms with Crippen molar-refractivity contribution in [2.75, 3.05) is 0 Å². The van der Waals surface area contributed by atoms with Crippen LogP contribution in [0.3, 0.4) is 0 Å². The molecule has 0 atom stereocenters. The predicted octanol–water partition coefficient (Wildman–Crippen LogP) is 3.12. The molecule has 1 aliphatic carbocycles. The van der Waals surface area contributed by atoms with Gasteiger partial charge in [-0.15, -0.1) is 0 Å². The lowest BCUT2D eigenvalue weighted by molar-refractivity contribution is 0.432. The summed E-state index contributed by atoms with van der Waals surface area (Å²) in [6.45, 7) is 2.08. The average molecular weight is 207 g/mol. The number of hydrogen-bond donors (Lipinski definition) is 1. The third-order valence-corrected chi connectivity index (χ3v) is 3.47. The zero-order chi connectivity index (χ0) is 10.9. The average Bonchev–Trinajstić information content (AvgIpc) is 2.67. The van der Waals surface area contributed by atoms with E-state index >= 15 is 0 Å². The minimum atomic E-state index is -0.407. The molecule has 0 amide bonds. The van der Waals surface area contributed by atoms with Gasteiger partial charge in [-0.05, 0) is 30.9 Å². The predicted molar refractivity (Wildman–Crippen MR) is 60.1 cm³/mol. The summed E-state index contributed by atoms with van der Waals surface area (Å²) in [5.74, 6) is -0.142. The van der Waals surface area contributed by atoms with Gasteiger partial charge in [0.2, 0.25) is 0 Å².